The lowest BCUT2D eigenvalue weighted by atomic mass is 10.1. The predicted molar refractivity (Wildman–Crippen MR) is 90.0 cm³/mol. The number of carboxylic acid groups (broad SMARTS) is 1. The number of carbonyl (C=O) groups is 1. The van der Waals surface area contributed by atoms with Crippen LogP contribution in [0.25, 0.3) is 11.1 Å². The molecule has 0 atom stereocenters. The van der Waals surface area contributed by atoms with Crippen LogP contribution in [0.4, 0.5) is 0 Å². The highest BCUT2D eigenvalue weighted by Crippen LogP contribution is 2.33. The first-order chi connectivity index (χ1) is 11.3. The molecule has 2 aromatic rings. The Hall–Kier alpha value is -2.54. The number of carboxylic acids is 1. The van der Waals surface area contributed by atoms with Crippen LogP contribution < -0.4 is 16.0 Å². The van der Waals surface area contributed by atoms with Gasteiger partial charge in [0.1, 0.15) is 12.3 Å². The molecule has 1 heterocycles. The average Bonchev–Trinajstić information content (AvgIpc) is 2.50. The summed E-state index contributed by atoms with van der Waals surface area (Å²) >= 11 is 6.27. The van der Waals surface area contributed by atoms with E-state index in [0.717, 1.165) is 9.13 Å². The van der Waals surface area contributed by atoms with Crippen molar-refractivity contribution in [3.63, 3.8) is 0 Å². The molecule has 0 spiro atoms. The van der Waals surface area contributed by atoms with Crippen molar-refractivity contribution in [1.29, 1.82) is 0 Å². The van der Waals surface area contributed by atoms with Gasteiger partial charge in [0.05, 0.1) is 17.7 Å². The molecule has 0 fully saturated rings. The molecule has 0 aliphatic heterocycles. The molecule has 7 nitrogen and oxygen atoms in total. The number of methoxy groups -OCH3 is 1. The number of hydrogen-bond acceptors (Lipinski definition) is 4. The Morgan fingerprint density at radius 2 is 1.96 bits per heavy atom. The lowest BCUT2D eigenvalue weighted by molar-refractivity contribution is -0.137. The second-order valence-corrected chi connectivity index (χ2v) is 5.82. The highest BCUT2D eigenvalue weighted by molar-refractivity contribution is 6.34. The SMILES string of the molecule is COc1cccc(-c2cn(CC(=O)O)c(=O)n(C(C)C)c2=O)c1Cl. The molecule has 8 heteroatoms. The Kier molecular flexibility index (Phi) is 5.14. The molecular weight excluding hydrogens is 336 g/mol. The summed E-state index contributed by atoms with van der Waals surface area (Å²) in [5, 5.41) is 9.21. The zero-order chi connectivity index (χ0) is 18.0. The van der Waals surface area contributed by atoms with E-state index in [9.17, 15) is 14.4 Å². The maximum atomic E-state index is 12.7. The molecule has 1 N–H and O–H groups in total. The Labute approximate surface area is 142 Å². The van der Waals surface area contributed by atoms with Crippen molar-refractivity contribution in [2.45, 2.75) is 26.4 Å². The summed E-state index contributed by atoms with van der Waals surface area (Å²) in [5.41, 5.74) is -0.713. The second-order valence-electron chi connectivity index (χ2n) is 5.44. The molecule has 0 saturated carbocycles. The van der Waals surface area contributed by atoms with Crippen LogP contribution in [0, 0.1) is 0 Å². The average molecular weight is 353 g/mol. The normalized spacial score (nSPS) is 10.9. The Morgan fingerprint density at radius 1 is 1.29 bits per heavy atom. The molecular formula is C16H17ClN2O5. The summed E-state index contributed by atoms with van der Waals surface area (Å²) in [4.78, 5) is 36.1. The molecule has 0 radical (unpaired) electrons. The number of rotatable bonds is 5. The van der Waals surface area contributed by atoms with Crippen molar-refractivity contribution in [3.05, 3.63) is 50.3 Å². The minimum absolute atomic E-state index is 0.133. The molecule has 24 heavy (non-hydrogen) atoms. The largest absolute Gasteiger partial charge is 0.495 e. The molecule has 1 aromatic heterocycles. The minimum atomic E-state index is -1.19. The molecule has 128 valence electrons. The first-order valence-electron chi connectivity index (χ1n) is 7.18. The summed E-state index contributed by atoms with van der Waals surface area (Å²) in [6.45, 7) is 2.79. The van der Waals surface area contributed by atoms with Crippen LogP contribution >= 0.6 is 11.6 Å². The van der Waals surface area contributed by atoms with Gasteiger partial charge >= 0.3 is 11.7 Å². The number of nitrogens with zero attached hydrogens (tertiary/aromatic N) is 2. The van der Waals surface area contributed by atoms with Gasteiger partial charge < -0.3 is 9.84 Å². The third-order valence-corrected chi connectivity index (χ3v) is 3.87. The molecule has 0 saturated heterocycles. The van der Waals surface area contributed by atoms with Gasteiger partial charge in [-0.05, 0) is 19.9 Å². The van der Waals surface area contributed by atoms with Gasteiger partial charge in [-0.1, -0.05) is 23.7 Å². The van der Waals surface area contributed by atoms with Crippen molar-refractivity contribution >= 4 is 17.6 Å². The van der Waals surface area contributed by atoms with E-state index >= 15 is 0 Å². The number of aliphatic carboxylic acids is 1. The highest BCUT2D eigenvalue weighted by Gasteiger charge is 2.19. The van der Waals surface area contributed by atoms with Gasteiger partial charge in [-0.25, -0.2) is 4.79 Å². The first-order valence-corrected chi connectivity index (χ1v) is 7.56. The van der Waals surface area contributed by atoms with E-state index in [1.54, 1.807) is 32.0 Å². The zero-order valence-corrected chi connectivity index (χ0v) is 14.2. The highest BCUT2D eigenvalue weighted by atomic mass is 35.5. The standard InChI is InChI=1S/C16H17ClN2O5/c1-9(2)19-15(22)11(7-18(16(19)23)8-13(20)21)10-5-4-6-12(24-3)14(10)17/h4-7,9H,8H2,1-3H3,(H,20,21). The Bertz CT molecular complexity index is 898. The van der Waals surface area contributed by atoms with Crippen LogP contribution in [0.2, 0.25) is 5.02 Å². The van der Waals surface area contributed by atoms with Crippen LogP contribution in [0.3, 0.4) is 0 Å². The van der Waals surface area contributed by atoms with Crippen LogP contribution in [-0.2, 0) is 11.3 Å². The minimum Gasteiger partial charge on any atom is -0.495 e. The van der Waals surface area contributed by atoms with Crippen LogP contribution in [0.15, 0.2) is 34.0 Å². The topological polar surface area (TPSA) is 90.5 Å². The van der Waals surface area contributed by atoms with Crippen molar-refractivity contribution in [1.82, 2.24) is 9.13 Å². The van der Waals surface area contributed by atoms with E-state index in [1.807, 2.05) is 0 Å². The van der Waals surface area contributed by atoms with Gasteiger partial charge in [0.2, 0.25) is 0 Å². The van der Waals surface area contributed by atoms with Gasteiger partial charge in [0, 0.05) is 17.8 Å². The molecule has 0 aliphatic rings. The van der Waals surface area contributed by atoms with E-state index in [1.165, 1.54) is 13.3 Å². The van der Waals surface area contributed by atoms with Crippen molar-refractivity contribution in [2.24, 2.45) is 0 Å². The van der Waals surface area contributed by atoms with E-state index in [-0.39, 0.29) is 10.6 Å². The number of aromatic nitrogens is 2. The predicted octanol–water partition coefficient (Wildman–Crippen LogP) is 2.00. The van der Waals surface area contributed by atoms with Gasteiger partial charge in [0.15, 0.2) is 0 Å². The van der Waals surface area contributed by atoms with E-state index in [4.69, 9.17) is 21.4 Å². The quantitative estimate of drug-likeness (QED) is 0.888. The summed E-state index contributed by atoms with van der Waals surface area (Å²) in [6, 6.07) is 4.47. The Morgan fingerprint density at radius 3 is 2.50 bits per heavy atom. The van der Waals surface area contributed by atoms with Gasteiger partial charge in [-0.15, -0.1) is 0 Å². The van der Waals surface area contributed by atoms with Crippen LogP contribution in [-0.4, -0.2) is 27.3 Å². The molecule has 0 bridgehead atoms. The fourth-order valence-corrected chi connectivity index (χ4v) is 2.70. The third kappa shape index (κ3) is 3.21. The monoisotopic (exact) mass is 352 g/mol. The van der Waals surface area contributed by atoms with Gasteiger partial charge in [-0.3, -0.25) is 18.7 Å². The summed E-state index contributed by atoms with van der Waals surface area (Å²) in [6.07, 6.45) is 1.22. The summed E-state index contributed by atoms with van der Waals surface area (Å²) in [5.74, 6) is -0.811. The fourth-order valence-electron chi connectivity index (χ4n) is 2.40. The third-order valence-electron chi connectivity index (χ3n) is 3.48. The molecule has 2 rings (SSSR count). The number of ether oxygens (including phenoxy) is 1. The lowest BCUT2D eigenvalue weighted by Gasteiger charge is -2.15. The zero-order valence-electron chi connectivity index (χ0n) is 13.4. The maximum absolute atomic E-state index is 12.7. The van der Waals surface area contributed by atoms with E-state index in [2.05, 4.69) is 0 Å². The molecule has 0 aliphatic carbocycles. The van der Waals surface area contributed by atoms with Crippen molar-refractivity contribution in [3.8, 4) is 16.9 Å². The lowest BCUT2D eigenvalue weighted by Crippen LogP contribution is -2.42. The maximum Gasteiger partial charge on any atom is 0.331 e. The number of halogens is 1. The van der Waals surface area contributed by atoms with Crippen molar-refractivity contribution in [2.75, 3.05) is 7.11 Å². The van der Waals surface area contributed by atoms with E-state index in [0.29, 0.717) is 11.3 Å². The van der Waals surface area contributed by atoms with E-state index < -0.39 is 29.8 Å². The Balaban J connectivity index is 2.84. The van der Waals surface area contributed by atoms with Crippen molar-refractivity contribution < 1.29 is 14.6 Å². The summed E-state index contributed by atoms with van der Waals surface area (Å²) in [7, 11) is 1.45. The smallest absolute Gasteiger partial charge is 0.331 e. The molecule has 0 unspecified atom stereocenters. The number of hydrogen-bond donors (Lipinski definition) is 1. The number of benzene rings is 1. The van der Waals surface area contributed by atoms with Crippen LogP contribution in [0.5, 0.6) is 5.75 Å². The summed E-state index contributed by atoms with van der Waals surface area (Å²) < 4.78 is 7.13. The van der Waals surface area contributed by atoms with Crippen LogP contribution in [0.1, 0.15) is 19.9 Å². The molecule has 1 aromatic carbocycles. The van der Waals surface area contributed by atoms with Gasteiger partial charge in [0.25, 0.3) is 5.56 Å². The first kappa shape index (κ1) is 17.8. The second kappa shape index (κ2) is 6.92. The molecule has 0 amide bonds. The van der Waals surface area contributed by atoms with Gasteiger partial charge in [-0.2, -0.15) is 0 Å². The fraction of sp³-hybridized carbons (Fsp3) is 0.312.